The first-order chi connectivity index (χ1) is 14.8. The highest BCUT2D eigenvalue weighted by atomic mass is 35.5. The minimum absolute atomic E-state index is 0.0525. The number of nitrogens with zero attached hydrogens (tertiary/aromatic N) is 1. The number of amides is 2. The Balaban J connectivity index is 2.07. The van der Waals surface area contributed by atoms with Crippen molar-refractivity contribution in [3.63, 3.8) is 0 Å². The predicted octanol–water partition coefficient (Wildman–Crippen LogP) is 4.91. The van der Waals surface area contributed by atoms with Crippen molar-refractivity contribution in [2.45, 2.75) is 51.6 Å². The number of thioether (sulfide) groups is 1. The molecule has 0 aromatic heterocycles. The first-order valence-electron chi connectivity index (χ1n) is 10.4. The molecule has 2 aromatic rings. The molecule has 2 amide bonds. The number of carbonyl (C=O) groups is 2. The number of ether oxygens (including phenoxy) is 1. The second-order valence-corrected chi connectivity index (χ2v) is 8.84. The van der Waals surface area contributed by atoms with Crippen LogP contribution in [0.2, 0.25) is 5.02 Å². The van der Waals surface area contributed by atoms with Crippen molar-refractivity contribution in [1.29, 1.82) is 0 Å². The normalized spacial score (nSPS) is 12.7. The van der Waals surface area contributed by atoms with Crippen LogP contribution in [0.25, 0.3) is 0 Å². The Morgan fingerprint density at radius 1 is 1.13 bits per heavy atom. The Morgan fingerprint density at radius 2 is 1.81 bits per heavy atom. The quantitative estimate of drug-likeness (QED) is 0.515. The Morgan fingerprint density at radius 3 is 2.42 bits per heavy atom. The van der Waals surface area contributed by atoms with E-state index in [1.807, 2.05) is 56.3 Å². The van der Waals surface area contributed by atoms with Gasteiger partial charge in [0, 0.05) is 23.4 Å². The molecule has 2 aromatic carbocycles. The lowest BCUT2D eigenvalue weighted by atomic mass is 10.1. The summed E-state index contributed by atoms with van der Waals surface area (Å²) in [5, 5.41) is 3.56. The van der Waals surface area contributed by atoms with Crippen LogP contribution in [0.15, 0.2) is 48.5 Å². The van der Waals surface area contributed by atoms with Crippen LogP contribution in [0.3, 0.4) is 0 Å². The molecule has 5 nitrogen and oxygen atoms in total. The summed E-state index contributed by atoms with van der Waals surface area (Å²) in [4.78, 5) is 27.5. The Bertz CT molecular complexity index is 860. The van der Waals surface area contributed by atoms with Crippen molar-refractivity contribution in [2.75, 3.05) is 12.9 Å². The van der Waals surface area contributed by atoms with Gasteiger partial charge in [-0.25, -0.2) is 0 Å². The number of carbonyl (C=O) groups excluding carboxylic acids is 2. The maximum atomic E-state index is 13.1. The third-order valence-electron chi connectivity index (χ3n) is 5.12. The van der Waals surface area contributed by atoms with Crippen LogP contribution in [0.1, 0.15) is 38.3 Å². The number of hydrogen-bond donors (Lipinski definition) is 1. The van der Waals surface area contributed by atoms with Gasteiger partial charge in [-0.1, -0.05) is 48.9 Å². The fourth-order valence-electron chi connectivity index (χ4n) is 2.92. The smallest absolute Gasteiger partial charge is 0.242 e. The van der Waals surface area contributed by atoms with E-state index < -0.39 is 6.04 Å². The van der Waals surface area contributed by atoms with Gasteiger partial charge in [0.25, 0.3) is 0 Å². The van der Waals surface area contributed by atoms with Gasteiger partial charge in [-0.05, 0) is 49.6 Å². The molecule has 0 aliphatic rings. The van der Waals surface area contributed by atoms with Crippen LogP contribution in [-0.2, 0) is 21.9 Å². The van der Waals surface area contributed by atoms with Gasteiger partial charge in [0.2, 0.25) is 11.8 Å². The molecule has 0 aliphatic carbocycles. The predicted molar refractivity (Wildman–Crippen MR) is 129 cm³/mol. The standard InChI is InChI=1S/C24H31ClN2O3S/c1-5-17(2)26-24(29)18(3)27(14-20-8-6-7-9-22(20)25)23(28)16-31-15-19-10-12-21(30-4)13-11-19/h6-13,17-18H,5,14-16H2,1-4H3,(H,26,29)/t17-,18-/m0/s1. The van der Waals surface area contributed by atoms with E-state index in [0.29, 0.717) is 10.8 Å². The Hall–Kier alpha value is -2.18. The van der Waals surface area contributed by atoms with Crippen molar-refractivity contribution >= 4 is 35.2 Å². The number of halogens is 1. The molecule has 2 atom stereocenters. The molecule has 0 radical (unpaired) electrons. The van der Waals surface area contributed by atoms with Gasteiger partial charge in [-0.2, -0.15) is 0 Å². The summed E-state index contributed by atoms with van der Waals surface area (Å²) in [6.45, 7) is 6.02. The van der Waals surface area contributed by atoms with Crippen molar-refractivity contribution in [3.8, 4) is 5.75 Å². The number of hydrogen-bond acceptors (Lipinski definition) is 4. The molecule has 0 saturated heterocycles. The first-order valence-corrected chi connectivity index (χ1v) is 11.9. The molecule has 0 heterocycles. The monoisotopic (exact) mass is 462 g/mol. The fraction of sp³-hybridized carbons (Fsp3) is 0.417. The summed E-state index contributed by atoms with van der Waals surface area (Å²) < 4.78 is 5.18. The molecular weight excluding hydrogens is 432 g/mol. The van der Waals surface area contributed by atoms with Gasteiger partial charge in [0.1, 0.15) is 11.8 Å². The molecule has 0 unspecified atom stereocenters. The Labute approximate surface area is 194 Å². The lowest BCUT2D eigenvalue weighted by Gasteiger charge is -2.30. The third kappa shape index (κ3) is 7.78. The molecular formula is C24H31ClN2O3S. The molecule has 168 valence electrons. The maximum absolute atomic E-state index is 13.1. The number of benzene rings is 2. The van der Waals surface area contributed by atoms with E-state index in [1.54, 1.807) is 25.0 Å². The molecule has 7 heteroatoms. The van der Waals surface area contributed by atoms with Gasteiger partial charge < -0.3 is 15.0 Å². The maximum Gasteiger partial charge on any atom is 0.242 e. The minimum Gasteiger partial charge on any atom is -0.497 e. The zero-order valence-electron chi connectivity index (χ0n) is 18.6. The topological polar surface area (TPSA) is 58.6 Å². The lowest BCUT2D eigenvalue weighted by molar-refractivity contribution is -0.138. The SMILES string of the molecule is CC[C@H](C)NC(=O)[C@H](C)N(Cc1ccccc1Cl)C(=O)CSCc1ccc(OC)cc1. The third-order valence-corrected chi connectivity index (χ3v) is 6.48. The van der Waals surface area contributed by atoms with Crippen LogP contribution in [0, 0.1) is 0 Å². The highest BCUT2D eigenvalue weighted by Gasteiger charge is 2.27. The molecule has 0 bridgehead atoms. The van der Waals surface area contributed by atoms with Gasteiger partial charge >= 0.3 is 0 Å². The number of rotatable bonds is 11. The second-order valence-electron chi connectivity index (χ2n) is 7.45. The highest BCUT2D eigenvalue weighted by Crippen LogP contribution is 2.21. The Kier molecular flexibility index (Phi) is 10.2. The van der Waals surface area contributed by atoms with Gasteiger partial charge in [0.05, 0.1) is 12.9 Å². The summed E-state index contributed by atoms with van der Waals surface area (Å²) >= 11 is 7.84. The van der Waals surface area contributed by atoms with Crippen molar-refractivity contribution in [1.82, 2.24) is 10.2 Å². The number of nitrogens with one attached hydrogen (secondary N) is 1. The van der Waals surface area contributed by atoms with E-state index in [-0.39, 0.29) is 30.2 Å². The highest BCUT2D eigenvalue weighted by molar-refractivity contribution is 7.99. The fourth-order valence-corrected chi connectivity index (χ4v) is 3.99. The summed E-state index contributed by atoms with van der Waals surface area (Å²) in [7, 11) is 1.63. The van der Waals surface area contributed by atoms with Crippen molar-refractivity contribution in [3.05, 3.63) is 64.7 Å². The van der Waals surface area contributed by atoms with Gasteiger partial charge in [-0.15, -0.1) is 11.8 Å². The average Bonchev–Trinajstić information content (AvgIpc) is 2.78. The van der Waals surface area contributed by atoms with E-state index >= 15 is 0 Å². The van der Waals surface area contributed by atoms with E-state index in [9.17, 15) is 9.59 Å². The minimum atomic E-state index is -0.598. The van der Waals surface area contributed by atoms with E-state index in [1.165, 1.54) is 11.8 Å². The van der Waals surface area contributed by atoms with Crippen LogP contribution in [-0.4, -0.2) is 41.7 Å². The molecule has 31 heavy (non-hydrogen) atoms. The summed E-state index contributed by atoms with van der Waals surface area (Å²) in [6.07, 6.45) is 0.828. The van der Waals surface area contributed by atoms with Crippen LogP contribution in [0.5, 0.6) is 5.75 Å². The largest absolute Gasteiger partial charge is 0.497 e. The van der Waals surface area contributed by atoms with E-state index in [0.717, 1.165) is 23.3 Å². The molecule has 0 saturated carbocycles. The summed E-state index contributed by atoms with van der Waals surface area (Å²) in [5.41, 5.74) is 1.93. The summed E-state index contributed by atoms with van der Waals surface area (Å²) in [5.74, 6) is 1.53. The van der Waals surface area contributed by atoms with Gasteiger partial charge in [-0.3, -0.25) is 9.59 Å². The van der Waals surface area contributed by atoms with Crippen molar-refractivity contribution in [2.24, 2.45) is 0 Å². The molecule has 2 rings (SSSR count). The van der Waals surface area contributed by atoms with E-state index in [4.69, 9.17) is 16.3 Å². The summed E-state index contributed by atoms with van der Waals surface area (Å²) in [6, 6.07) is 14.6. The molecule has 0 fully saturated rings. The number of methoxy groups -OCH3 is 1. The molecule has 1 N–H and O–H groups in total. The van der Waals surface area contributed by atoms with Gasteiger partial charge in [0.15, 0.2) is 0 Å². The van der Waals surface area contributed by atoms with Crippen LogP contribution < -0.4 is 10.1 Å². The van der Waals surface area contributed by atoms with E-state index in [2.05, 4.69) is 5.32 Å². The zero-order chi connectivity index (χ0) is 22.8. The van der Waals surface area contributed by atoms with Crippen LogP contribution in [0.4, 0.5) is 0 Å². The zero-order valence-corrected chi connectivity index (χ0v) is 20.1. The average molecular weight is 463 g/mol. The second kappa shape index (κ2) is 12.6. The molecule has 0 aliphatic heterocycles. The van der Waals surface area contributed by atoms with Crippen molar-refractivity contribution < 1.29 is 14.3 Å². The first kappa shape index (κ1) is 25.1. The lowest BCUT2D eigenvalue weighted by Crippen LogP contribution is -2.50. The molecule has 0 spiro atoms. The van der Waals surface area contributed by atoms with Crippen LogP contribution >= 0.6 is 23.4 Å².